The van der Waals surface area contributed by atoms with Gasteiger partial charge in [0.2, 0.25) is 0 Å². The van der Waals surface area contributed by atoms with Gasteiger partial charge < -0.3 is 10.4 Å². The van der Waals surface area contributed by atoms with Crippen molar-refractivity contribution in [3.05, 3.63) is 69.5 Å². The van der Waals surface area contributed by atoms with Gasteiger partial charge in [-0.1, -0.05) is 12.1 Å². The smallest absolute Gasteiger partial charge is 0.272 e. The quantitative estimate of drug-likeness (QED) is 0.632. The lowest BCUT2D eigenvalue weighted by molar-refractivity contribution is -0.385. The maximum atomic E-state index is 11.0. The van der Waals surface area contributed by atoms with E-state index in [1.807, 2.05) is 13.0 Å². The number of aliphatic hydroxyl groups excluding tert-OH is 1. The first-order valence-electron chi connectivity index (χ1n) is 7.05. The zero-order valence-corrected chi connectivity index (χ0v) is 12.6. The summed E-state index contributed by atoms with van der Waals surface area (Å²) in [4.78, 5) is 14.5. The summed E-state index contributed by atoms with van der Waals surface area (Å²) in [6.45, 7) is 3.98. The van der Waals surface area contributed by atoms with Gasteiger partial charge in [0.25, 0.3) is 5.69 Å². The minimum Gasteiger partial charge on any atom is -0.387 e. The number of nitro groups is 1. The molecule has 0 fully saturated rings. The Morgan fingerprint density at radius 3 is 2.59 bits per heavy atom. The molecule has 6 heteroatoms. The van der Waals surface area contributed by atoms with Gasteiger partial charge in [-0.3, -0.25) is 15.1 Å². The second-order valence-electron chi connectivity index (χ2n) is 5.23. The summed E-state index contributed by atoms with van der Waals surface area (Å²) in [6, 6.07) is 8.59. The summed E-state index contributed by atoms with van der Waals surface area (Å²) in [5.41, 5.74) is 2.35. The van der Waals surface area contributed by atoms with E-state index in [2.05, 4.69) is 10.3 Å². The SMILES string of the molecule is Cc1ccc(C(C)NCC(O)c2ccncc2)cc1[N+](=O)[O-]. The maximum absolute atomic E-state index is 11.0. The summed E-state index contributed by atoms with van der Waals surface area (Å²) in [7, 11) is 0. The van der Waals surface area contributed by atoms with Crippen LogP contribution in [0.2, 0.25) is 0 Å². The number of benzene rings is 1. The van der Waals surface area contributed by atoms with E-state index < -0.39 is 6.10 Å². The number of pyridine rings is 1. The first kappa shape index (κ1) is 16.1. The average Bonchev–Trinajstić information content (AvgIpc) is 2.53. The van der Waals surface area contributed by atoms with Gasteiger partial charge in [0.15, 0.2) is 0 Å². The van der Waals surface area contributed by atoms with Crippen LogP contribution in [0, 0.1) is 17.0 Å². The predicted molar refractivity (Wildman–Crippen MR) is 83.4 cm³/mol. The molecular weight excluding hydrogens is 282 g/mol. The van der Waals surface area contributed by atoms with Gasteiger partial charge in [-0.25, -0.2) is 0 Å². The van der Waals surface area contributed by atoms with Gasteiger partial charge in [-0.15, -0.1) is 0 Å². The molecule has 2 N–H and O–H groups in total. The number of nitrogens with one attached hydrogen (secondary N) is 1. The van der Waals surface area contributed by atoms with Crippen molar-refractivity contribution in [2.75, 3.05) is 6.54 Å². The molecule has 0 radical (unpaired) electrons. The van der Waals surface area contributed by atoms with Crippen molar-refractivity contribution in [3.8, 4) is 0 Å². The Bertz CT molecular complexity index is 646. The van der Waals surface area contributed by atoms with Gasteiger partial charge in [-0.2, -0.15) is 0 Å². The standard InChI is InChI=1S/C16H19N3O3/c1-11-3-4-14(9-15(11)19(21)22)12(2)18-10-16(20)13-5-7-17-8-6-13/h3-9,12,16,18,20H,10H2,1-2H3. The maximum Gasteiger partial charge on any atom is 0.272 e. The molecule has 2 rings (SSSR count). The van der Waals surface area contributed by atoms with E-state index in [0.29, 0.717) is 12.1 Å². The summed E-state index contributed by atoms with van der Waals surface area (Å²) >= 11 is 0. The highest BCUT2D eigenvalue weighted by Gasteiger charge is 2.15. The lowest BCUT2D eigenvalue weighted by atomic mass is 10.0. The predicted octanol–water partition coefficient (Wildman–Crippen LogP) is 2.68. The molecule has 0 amide bonds. The Morgan fingerprint density at radius 1 is 1.27 bits per heavy atom. The second kappa shape index (κ2) is 7.11. The Hall–Kier alpha value is -2.31. The highest BCUT2D eigenvalue weighted by molar-refractivity contribution is 5.43. The number of nitro benzene ring substituents is 1. The van der Waals surface area contributed by atoms with Gasteiger partial charge >= 0.3 is 0 Å². The van der Waals surface area contributed by atoms with Crippen LogP contribution in [0.4, 0.5) is 5.69 Å². The molecule has 2 aromatic rings. The summed E-state index contributed by atoms with van der Waals surface area (Å²) in [5.74, 6) is 0. The molecule has 116 valence electrons. The van der Waals surface area contributed by atoms with E-state index in [0.717, 1.165) is 11.1 Å². The molecule has 1 aromatic carbocycles. The minimum absolute atomic E-state index is 0.101. The monoisotopic (exact) mass is 301 g/mol. The van der Waals surface area contributed by atoms with Crippen LogP contribution in [0.15, 0.2) is 42.7 Å². The summed E-state index contributed by atoms with van der Waals surface area (Å²) < 4.78 is 0. The number of nitrogens with zero attached hydrogens (tertiary/aromatic N) is 2. The number of aliphatic hydroxyl groups is 1. The molecule has 1 aromatic heterocycles. The number of rotatable bonds is 6. The zero-order chi connectivity index (χ0) is 16.1. The minimum atomic E-state index is -0.647. The lowest BCUT2D eigenvalue weighted by Crippen LogP contribution is -2.24. The highest BCUT2D eigenvalue weighted by Crippen LogP contribution is 2.23. The third-order valence-electron chi connectivity index (χ3n) is 3.64. The third-order valence-corrected chi connectivity index (χ3v) is 3.64. The first-order chi connectivity index (χ1) is 10.5. The van der Waals surface area contributed by atoms with Crippen LogP contribution in [-0.2, 0) is 0 Å². The molecule has 1 heterocycles. The van der Waals surface area contributed by atoms with E-state index in [1.165, 1.54) is 0 Å². The fraction of sp³-hybridized carbons (Fsp3) is 0.312. The van der Waals surface area contributed by atoms with Gasteiger partial charge in [-0.05, 0) is 37.1 Å². The van der Waals surface area contributed by atoms with Crippen LogP contribution in [-0.4, -0.2) is 21.6 Å². The molecule has 2 atom stereocenters. The number of hydrogen-bond acceptors (Lipinski definition) is 5. The molecule has 0 bridgehead atoms. The highest BCUT2D eigenvalue weighted by atomic mass is 16.6. The lowest BCUT2D eigenvalue weighted by Gasteiger charge is -2.18. The van der Waals surface area contributed by atoms with Crippen LogP contribution < -0.4 is 5.32 Å². The van der Waals surface area contributed by atoms with Crippen molar-refractivity contribution in [3.63, 3.8) is 0 Å². The number of aromatic nitrogens is 1. The normalized spacial score (nSPS) is 13.6. The largest absolute Gasteiger partial charge is 0.387 e. The number of aryl methyl sites for hydroxylation is 1. The van der Waals surface area contributed by atoms with Gasteiger partial charge in [0.05, 0.1) is 11.0 Å². The van der Waals surface area contributed by atoms with Crippen molar-refractivity contribution >= 4 is 5.69 Å². The molecule has 22 heavy (non-hydrogen) atoms. The molecule has 0 spiro atoms. The Labute approximate surface area is 129 Å². The van der Waals surface area contributed by atoms with Crippen molar-refractivity contribution in [1.82, 2.24) is 10.3 Å². The van der Waals surface area contributed by atoms with Crippen molar-refractivity contribution < 1.29 is 10.0 Å². The fourth-order valence-electron chi connectivity index (χ4n) is 2.20. The van der Waals surface area contributed by atoms with E-state index in [9.17, 15) is 15.2 Å². The molecule has 0 aliphatic heterocycles. The van der Waals surface area contributed by atoms with E-state index in [-0.39, 0.29) is 16.7 Å². The Kier molecular flexibility index (Phi) is 5.19. The van der Waals surface area contributed by atoms with Crippen LogP contribution in [0.1, 0.15) is 35.8 Å². The molecule has 6 nitrogen and oxygen atoms in total. The molecular formula is C16H19N3O3. The molecule has 2 unspecified atom stereocenters. The van der Waals surface area contributed by atoms with E-state index in [4.69, 9.17) is 0 Å². The van der Waals surface area contributed by atoms with Crippen LogP contribution in [0.25, 0.3) is 0 Å². The topological polar surface area (TPSA) is 88.3 Å². The summed E-state index contributed by atoms with van der Waals surface area (Å²) in [5, 5.41) is 24.3. The van der Waals surface area contributed by atoms with Crippen LogP contribution in [0.5, 0.6) is 0 Å². The second-order valence-corrected chi connectivity index (χ2v) is 5.23. The van der Waals surface area contributed by atoms with Crippen LogP contribution in [0.3, 0.4) is 0 Å². The van der Waals surface area contributed by atoms with E-state index >= 15 is 0 Å². The van der Waals surface area contributed by atoms with Crippen molar-refractivity contribution in [2.24, 2.45) is 0 Å². The van der Waals surface area contributed by atoms with Crippen LogP contribution >= 0.6 is 0 Å². The van der Waals surface area contributed by atoms with Gasteiger partial charge in [0, 0.05) is 36.6 Å². The zero-order valence-electron chi connectivity index (χ0n) is 12.6. The molecule has 0 saturated heterocycles. The fourth-order valence-corrected chi connectivity index (χ4v) is 2.20. The Morgan fingerprint density at radius 2 is 1.95 bits per heavy atom. The number of hydrogen-bond donors (Lipinski definition) is 2. The molecule has 0 aliphatic rings. The van der Waals surface area contributed by atoms with Crippen molar-refractivity contribution in [2.45, 2.75) is 26.0 Å². The molecule has 0 aliphatic carbocycles. The first-order valence-corrected chi connectivity index (χ1v) is 7.05. The van der Waals surface area contributed by atoms with E-state index in [1.54, 1.807) is 43.6 Å². The van der Waals surface area contributed by atoms with Crippen molar-refractivity contribution in [1.29, 1.82) is 0 Å². The van der Waals surface area contributed by atoms with Gasteiger partial charge in [0.1, 0.15) is 0 Å². The third kappa shape index (κ3) is 3.87. The average molecular weight is 301 g/mol. The molecule has 0 saturated carbocycles. The summed E-state index contributed by atoms with van der Waals surface area (Å²) in [6.07, 6.45) is 2.61. The Balaban J connectivity index is 2.02.